The zero-order valence-electron chi connectivity index (χ0n) is 38.0. The molecule has 0 saturated heterocycles. The molecule has 4 N–H and O–H groups in total. The van der Waals surface area contributed by atoms with Crippen LogP contribution in [0.3, 0.4) is 0 Å². The third kappa shape index (κ3) is 12.6. The maximum atomic E-state index is 14.0. The fourth-order valence-electron chi connectivity index (χ4n) is 7.72. The number of fused-ring (bicyclic) bond motifs is 1. The van der Waals surface area contributed by atoms with Crippen molar-refractivity contribution in [2.24, 2.45) is 11.3 Å². The number of ether oxygens (including phenoxy) is 3. The Morgan fingerprint density at radius 3 is 2.13 bits per heavy atom. The van der Waals surface area contributed by atoms with Crippen molar-refractivity contribution in [2.45, 2.75) is 91.9 Å². The molecule has 0 spiro atoms. The molecule has 336 valence electrons. The lowest BCUT2D eigenvalue weighted by atomic mass is 9.97. The fourth-order valence-corrected chi connectivity index (χ4v) is 7.72. The minimum atomic E-state index is -0.844. The van der Waals surface area contributed by atoms with Gasteiger partial charge in [0.1, 0.15) is 31.2 Å². The van der Waals surface area contributed by atoms with Crippen LogP contribution in [0.4, 0.5) is 4.79 Å². The molecular weight excluding hydrogens is 797 g/mol. The first-order valence-corrected chi connectivity index (χ1v) is 21.9. The Morgan fingerprint density at radius 2 is 1.52 bits per heavy atom. The molecule has 1 saturated carbocycles. The smallest absolute Gasteiger partial charge is 0.407 e. The largest absolute Gasteiger partial charge is 0.453 e. The summed E-state index contributed by atoms with van der Waals surface area (Å²) in [7, 11) is 2.85. The number of carbonyl (C=O) groups excluding carboxylic acids is 3. The second kappa shape index (κ2) is 21.5. The Balaban J connectivity index is 1.10. The molecule has 3 atom stereocenters. The maximum Gasteiger partial charge on any atom is 0.407 e. The molecule has 2 aliphatic rings. The fraction of sp³-hybridized carbons (Fsp3) is 0.449. The van der Waals surface area contributed by atoms with Crippen LogP contribution in [0.25, 0.3) is 34.7 Å². The van der Waals surface area contributed by atoms with Gasteiger partial charge in [0.05, 0.1) is 50.0 Å². The number of methoxy groups -OCH3 is 2. The summed E-state index contributed by atoms with van der Waals surface area (Å²) in [6, 6.07) is 13.6. The van der Waals surface area contributed by atoms with E-state index in [0.29, 0.717) is 25.5 Å². The summed E-state index contributed by atoms with van der Waals surface area (Å²) >= 11 is 0. The van der Waals surface area contributed by atoms with E-state index in [2.05, 4.69) is 99.3 Å². The van der Waals surface area contributed by atoms with Crippen molar-refractivity contribution < 1.29 is 28.6 Å². The highest BCUT2D eigenvalue weighted by molar-refractivity contribution is 5.87. The zero-order valence-corrected chi connectivity index (χ0v) is 38.0. The quantitative estimate of drug-likeness (QED) is 0.0369. The minimum absolute atomic E-state index is 0.0415. The van der Waals surface area contributed by atoms with Gasteiger partial charge in [-0.1, -0.05) is 100 Å². The van der Waals surface area contributed by atoms with Gasteiger partial charge in [-0.2, -0.15) is 0 Å². The monoisotopic (exact) mass is 860 g/mol. The van der Waals surface area contributed by atoms with Gasteiger partial charge >= 0.3 is 6.09 Å². The van der Waals surface area contributed by atoms with Crippen LogP contribution in [0.2, 0.25) is 0 Å². The first kappa shape index (κ1) is 46.7. The molecule has 4 aromatic rings. The van der Waals surface area contributed by atoms with Gasteiger partial charge in [0, 0.05) is 31.7 Å². The number of benzene rings is 2. The number of hydrogen-bond acceptors (Lipinski definition) is 9. The maximum absolute atomic E-state index is 14.0. The first-order chi connectivity index (χ1) is 30.3. The van der Waals surface area contributed by atoms with Crippen LogP contribution in [0, 0.1) is 11.3 Å². The number of rotatable bonds is 21. The minimum Gasteiger partial charge on any atom is -0.453 e. The van der Waals surface area contributed by atoms with E-state index in [-0.39, 0.29) is 49.1 Å². The van der Waals surface area contributed by atoms with E-state index in [1.54, 1.807) is 24.3 Å². The van der Waals surface area contributed by atoms with Gasteiger partial charge in [-0.05, 0) is 72.8 Å². The molecule has 0 radical (unpaired) electrons. The molecule has 0 aliphatic heterocycles. The summed E-state index contributed by atoms with van der Waals surface area (Å²) in [5.74, 6) is 1.34. The topological polar surface area (TPSA) is 167 Å². The van der Waals surface area contributed by atoms with Crippen molar-refractivity contribution in [1.82, 2.24) is 40.4 Å². The highest BCUT2D eigenvalue weighted by Gasteiger charge is 2.41. The van der Waals surface area contributed by atoms with Crippen LogP contribution in [0.15, 0.2) is 78.7 Å². The normalized spacial score (nSPS) is 15.9. The van der Waals surface area contributed by atoms with Crippen molar-refractivity contribution in [2.75, 3.05) is 40.8 Å². The highest BCUT2D eigenvalue weighted by atomic mass is 16.7. The SMILES string of the molecule is CCCN(Cc1ncc(-c2ccc(C3C=Cc4ccc(-c5cnc(CN(CC6(C)CC6)C(=O)C(NCOCOC)C(C)C)[nH]5)cc4C=C3)cc2)[nH]1)C(=O)C(C=C(C)C)NC(=O)OC. The van der Waals surface area contributed by atoms with Gasteiger partial charge in [-0.15, -0.1) is 0 Å². The average Bonchev–Trinajstić information content (AvgIpc) is 3.61. The number of imidazole rings is 2. The lowest BCUT2D eigenvalue weighted by molar-refractivity contribution is -0.137. The van der Waals surface area contributed by atoms with Crippen LogP contribution in [-0.2, 0) is 36.9 Å². The number of nitrogens with zero attached hydrogens (tertiary/aromatic N) is 4. The summed E-state index contributed by atoms with van der Waals surface area (Å²) in [5, 5.41) is 5.92. The van der Waals surface area contributed by atoms with Crippen molar-refractivity contribution in [3.63, 3.8) is 0 Å². The van der Waals surface area contributed by atoms with Crippen molar-refractivity contribution in [3.8, 4) is 22.5 Å². The second-order valence-electron chi connectivity index (χ2n) is 17.5. The molecule has 3 amide bonds. The number of aromatic nitrogens is 4. The van der Waals surface area contributed by atoms with Gasteiger partial charge < -0.3 is 39.3 Å². The third-order valence-electron chi connectivity index (χ3n) is 11.5. The number of allylic oxidation sites excluding steroid dienone is 3. The van der Waals surface area contributed by atoms with Gasteiger partial charge in [-0.25, -0.2) is 14.8 Å². The summed E-state index contributed by atoms with van der Waals surface area (Å²) < 4.78 is 15.2. The van der Waals surface area contributed by atoms with E-state index >= 15 is 0 Å². The zero-order chi connectivity index (χ0) is 45.1. The highest BCUT2D eigenvalue weighted by Crippen LogP contribution is 2.46. The van der Waals surface area contributed by atoms with Gasteiger partial charge in [0.25, 0.3) is 0 Å². The molecule has 2 aromatic heterocycles. The number of carbonyl (C=O) groups is 3. The molecule has 2 aliphatic carbocycles. The number of alkyl carbamates (subject to hydrolysis) is 1. The molecular formula is C49H64N8O6. The Kier molecular flexibility index (Phi) is 15.9. The number of H-pyrrole nitrogens is 2. The first-order valence-electron chi connectivity index (χ1n) is 21.9. The van der Waals surface area contributed by atoms with Crippen molar-refractivity contribution >= 4 is 30.1 Å². The molecule has 1 fully saturated rings. The summed E-state index contributed by atoms with van der Waals surface area (Å²) in [4.78, 5) is 59.4. The standard InChI is InChI=1S/C49H64N8O6/c1-9-22-56(46(58)40(23-32(2)3)55-48(60)62-8)27-43-50-25-41(53-43)37-16-12-35(13-17-37)34-10-11-36-15-19-39(24-38(36)18-14-34)42-26-51-44(54-42)28-57(29-49(6)20-21-49)47(59)45(33(4)5)52-30-63-31-61-7/h10-19,23-26,33-34,40,45,52H,9,20-22,27-31H2,1-8H3,(H,50,53)(H,51,54)(H,55,60). The van der Waals surface area contributed by atoms with E-state index in [1.165, 1.54) is 7.11 Å². The number of amides is 3. The van der Waals surface area contributed by atoms with Gasteiger partial charge in [-0.3, -0.25) is 14.9 Å². The van der Waals surface area contributed by atoms with E-state index in [9.17, 15) is 14.4 Å². The van der Waals surface area contributed by atoms with Crippen LogP contribution >= 0.6 is 0 Å². The van der Waals surface area contributed by atoms with E-state index in [1.807, 2.05) is 45.7 Å². The Hall–Kier alpha value is -5.83. The van der Waals surface area contributed by atoms with Crippen LogP contribution < -0.4 is 10.6 Å². The molecule has 14 nitrogen and oxygen atoms in total. The predicted octanol–water partition coefficient (Wildman–Crippen LogP) is 8.04. The third-order valence-corrected chi connectivity index (χ3v) is 11.5. The van der Waals surface area contributed by atoms with Gasteiger partial charge in [0.2, 0.25) is 11.8 Å². The molecule has 6 rings (SSSR count). The van der Waals surface area contributed by atoms with E-state index < -0.39 is 18.2 Å². The van der Waals surface area contributed by atoms with Crippen LogP contribution in [-0.4, -0.2) is 101 Å². The number of hydrogen-bond donors (Lipinski definition) is 4. The Morgan fingerprint density at radius 1 is 0.889 bits per heavy atom. The number of nitrogens with one attached hydrogen (secondary N) is 4. The Labute approximate surface area is 371 Å². The average molecular weight is 861 g/mol. The molecule has 2 heterocycles. The van der Waals surface area contributed by atoms with Gasteiger partial charge in [0.15, 0.2) is 0 Å². The number of aromatic amines is 2. The predicted molar refractivity (Wildman–Crippen MR) is 246 cm³/mol. The second-order valence-corrected chi connectivity index (χ2v) is 17.5. The summed E-state index contributed by atoms with van der Waals surface area (Å²) in [5.41, 5.74) is 8.15. The summed E-state index contributed by atoms with van der Waals surface area (Å²) in [6.07, 6.45) is 16.4. The molecule has 0 bridgehead atoms. The molecule has 3 unspecified atom stereocenters. The van der Waals surface area contributed by atoms with Crippen molar-refractivity contribution in [1.29, 1.82) is 0 Å². The lowest BCUT2D eigenvalue weighted by Gasteiger charge is -2.31. The van der Waals surface area contributed by atoms with E-state index in [0.717, 1.165) is 69.9 Å². The van der Waals surface area contributed by atoms with Crippen LogP contribution in [0.5, 0.6) is 0 Å². The summed E-state index contributed by atoms with van der Waals surface area (Å²) in [6.45, 7) is 14.3. The van der Waals surface area contributed by atoms with Crippen molar-refractivity contribution in [3.05, 3.63) is 107 Å². The molecule has 2 aromatic carbocycles. The molecule has 63 heavy (non-hydrogen) atoms. The van der Waals surface area contributed by atoms with Crippen LogP contribution in [0.1, 0.15) is 95.1 Å². The molecule has 14 heteroatoms. The Bertz CT molecular complexity index is 2270. The van der Waals surface area contributed by atoms with E-state index in [4.69, 9.17) is 19.2 Å². The lowest BCUT2D eigenvalue weighted by Crippen LogP contribution is -2.51.